The number of nitrogens with zero attached hydrogens (tertiary/aromatic N) is 4. The quantitative estimate of drug-likeness (QED) is 0.826. The molecule has 0 radical (unpaired) electrons. The van der Waals surface area contributed by atoms with Crippen LogP contribution in [0.2, 0.25) is 0 Å². The average molecular weight is 298 g/mol. The molecule has 0 saturated carbocycles. The van der Waals surface area contributed by atoms with Gasteiger partial charge in [0.05, 0.1) is 17.2 Å². The molecular formula is C13H22N4O2S. The summed E-state index contributed by atoms with van der Waals surface area (Å²) in [7, 11) is 0.941. The minimum absolute atomic E-state index is 0.200. The Kier molecular flexibility index (Phi) is 4.17. The van der Waals surface area contributed by atoms with Gasteiger partial charge >= 0.3 is 0 Å². The Morgan fingerprint density at radius 1 is 1.20 bits per heavy atom. The van der Waals surface area contributed by atoms with Gasteiger partial charge in [0.15, 0.2) is 9.84 Å². The Labute approximate surface area is 120 Å². The maximum Gasteiger partial charge on any atom is 0.227 e. The molecule has 1 saturated heterocycles. The number of hydrogen-bond donors (Lipinski definition) is 0. The number of aromatic nitrogens is 2. The molecule has 2 heterocycles. The van der Waals surface area contributed by atoms with Crippen LogP contribution in [0.25, 0.3) is 0 Å². The Morgan fingerprint density at radius 3 is 2.30 bits per heavy atom. The first-order valence-corrected chi connectivity index (χ1v) is 8.62. The van der Waals surface area contributed by atoms with Crippen molar-refractivity contribution in [3.63, 3.8) is 0 Å². The summed E-state index contributed by atoms with van der Waals surface area (Å²) in [6, 6.07) is 1.97. The standard InChI is InChI=1S/C13H22N4O2S/c1-10(2)11-9-12(15-13(14-11)16(3)4)17-5-7-20(18,19)8-6-17/h9-10H,5-8H2,1-4H3. The zero-order valence-electron chi connectivity index (χ0n) is 12.5. The highest BCUT2D eigenvalue weighted by Gasteiger charge is 2.23. The summed E-state index contributed by atoms with van der Waals surface area (Å²) in [4.78, 5) is 13.0. The predicted octanol–water partition coefficient (Wildman–Crippen LogP) is 0.901. The summed E-state index contributed by atoms with van der Waals surface area (Å²) < 4.78 is 23.0. The molecule has 1 aliphatic heterocycles. The Morgan fingerprint density at radius 2 is 1.80 bits per heavy atom. The molecule has 1 aliphatic rings. The minimum atomic E-state index is -2.87. The molecular weight excluding hydrogens is 276 g/mol. The molecule has 6 nitrogen and oxygen atoms in total. The maximum absolute atomic E-state index is 11.5. The first-order valence-electron chi connectivity index (χ1n) is 6.80. The highest BCUT2D eigenvalue weighted by Crippen LogP contribution is 2.22. The van der Waals surface area contributed by atoms with Crippen molar-refractivity contribution in [2.75, 3.05) is 48.5 Å². The third-order valence-electron chi connectivity index (χ3n) is 3.38. The summed E-state index contributed by atoms with van der Waals surface area (Å²) >= 11 is 0. The van der Waals surface area contributed by atoms with Gasteiger partial charge in [-0.05, 0) is 5.92 Å². The van der Waals surface area contributed by atoms with Crippen molar-refractivity contribution in [1.82, 2.24) is 9.97 Å². The smallest absolute Gasteiger partial charge is 0.227 e. The normalized spacial score (nSPS) is 18.4. The van der Waals surface area contributed by atoms with Crippen LogP contribution < -0.4 is 9.80 Å². The van der Waals surface area contributed by atoms with E-state index < -0.39 is 9.84 Å². The van der Waals surface area contributed by atoms with Crippen LogP contribution in [0.15, 0.2) is 6.07 Å². The number of hydrogen-bond acceptors (Lipinski definition) is 6. The zero-order valence-corrected chi connectivity index (χ0v) is 13.3. The highest BCUT2D eigenvalue weighted by atomic mass is 32.2. The highest BCUT2D eigenvalue weighted by molar-refractivity contribution is 7.91. The molecule has 0 aromatic carbocycles. The van der Waals surface area contributed by atoms with Gasteiger partial charge in [0.1, 0.15) is 5.82 Å². The molecule has 0 unspecified atom stereocenters. The van der Waals surface area contributed by atoms with E-state index in [4.69, 9.17) is 0 Å². The molecule has 1 fully saturated rings. The lowest BCUT2D eigenvalue weighted by molar-refractivity contribution is 0.586. The lowest BCUT2D eigenvalue weighted by Crippen LogP contribution is -2.41. The van der Waals surface area contributed by atoms with Crippen LogP contribution in [-0.2, 0) is 9.84 Å². The molecule has 2 rings (SSSR count). The van der Waals surface area contributed by atoms with Gasteiger partial charge in [-0.1, -0.05) is 13.8 Å². The molecule has 1 aromatic heterocycles. The third kappa shape index (κ3) is 3.39. The largest absolute Gasteiger partial charge is 0.354 e. The number of sulfone groups is 1. The van der Waals surface area contributed by atoms with Crippen molar-refractivity contribution in [3.8, 4) is 0 Å². The Hall–Kier alpha value is -1.37. The van der Waals surface area contributed by atoms with E-state index in [1.54, 1.807) is 0 Å². The summed E-state index contributed by atoms with van der Waals surface area (Å²) in [6.07, 6.45) is 0. The van der Waals surface area contributed by atoms with E-state index in [1.807, 2.05) is 30.0 Å². The van der Waals surface area contributed by atoms with E-state index in [1.165, 1.54) is 0 Å². The summed E-state index contributed by atoms with van der Waals surface area (Å²) in [5.41, 5.74) is 0.979. The van der Waals surface area contributed by atoms with Crippen LogP contribution in [0.3, 0.4) is 0 Å². The monoisotopic (exact) mass is 298 g/mol. The summed E-state index contributed by atoms with van der Waals surface area (Å²) in [5, 5.41) is 0. The van der Waals surface area contributed by atoms with Crippen LogP contribution in [0.4, 0.5) is 11.8 Å². The molecule has 0 bridgehead atoms. The van der Waals surface area contributed by atoms with E-state index in [2.05, 4.69) is 23.8 Å². The maximum atomic E-state index is 11.5. The van der Waals surface area contributed by atoms with Crippen molar-refractivity contribution in [3.05, 3.63) is 11.8 Å². The summed E-state index contributed by atoms with van der Waals surface area (Å²) in [5.74, 6) is 2.20. The lowest BCUT2D eigenvalue weighted by atomic mass is 10.1. The second-order valence-electron chi connectivity index (χ2n) is 5.64. The Balaban J connectivity index is 2.31. The van der Waals surface area contributed by atoms with Crippen molar-refractivity contribution >= 4 is 21.6 Å². The van der Waals surface area contributed by atoms with Gasteiger partial charge in [-0.15, -0.1) is 0 Å². The molecule has 7 heteroatoms. The summed E-state index contributed by atoms with van der Waals surface area (Å²) in [6.45, 7) is 5.19. The first kappa shape index (κ1) is 15.0. The second kappa shape index (κ2) is 5.55. The van der Waals surface area contributed by atoms with Crippen LogP contribution in [-0.4, -0.2) is 57.1 Å². The zero-order chi connectivity index (χ0) is 14.9. The van der Waals surface area contributed by atoms with Crippen LogP contribution >= 0.6 is 0 Å². The lowest BCUT2D eigenvalue weighted by Gasteiger charge is -2.29. The molecule has 0 spiro atoms. The van der Waals surface area contributed by atoms with E-state index in [-0.39, 0.29) is 11.5 Å². The number of rotatable bonds is 3. The topological polar surface area (TPSA) is 66.4 Å². The van der Waals surface area contributed by atoms with Gasteiger partial charge in [-0.2, -0.15) is 4.98 Å². The van der Waals surface area contributed by atoms with Crippen molar-refractivity contribution in [2.45, 2.75) is 19.8 Å². The molecule has 20 heavy (non-hydrogen) atoms. The molecule has 0 N–H and O–H groups in total. The average Bonchev–Trinajstić information content (AvgIpc) is 2.38. The van der Waals surface area contributed by atoms with Gasteiger partial charge < -0.3 is 9.80 Å². The molecule has 0 amide bonds. The van der Waals surface area contributed by atoms with Gasteiger partial charge in [0.2, 0.25) is 5.95 Å². The molecule has 112 valence electrons. The van der Waals surface area contributed by atoms with E-state index >= 15 is 0 Å². The second-order valence-corrected chi connectivity index (χ2v) is 7.94. The fourth-order valence-corrected chi connectivity index (χ4v) is 3.24. The van der Waals surface area contributed by atoms with E-state index in [0.29, 0.717) is 25.0 Å². The third-order valence-corrected chi connectivity index (χ3v) is 4.99. The Bertz CT molecular complexity index is 544. The van der Waals surface area contributed by atoms with E-state index in [9.17, 15) is 8.42 Å². The fraction of sp³-hybridized carbons (Fsp3) is 0.692. The minimum Gasteiger partial charge on any atom is -0.354 e. The molecule has 1 aromatic rings. The predicted molar refractivity (Wildman–Crippen MR) is 81.3 cm³/mol. The SMILES string of the molecule is CC(C)c1cc(N2CCS(=O)(=O)CC2)nc(N(C)C)n1. The van der Waals surface area contributed by atoms with Crippen molar-refractivity contribution in [2.24, 2.45) is 0 Å². The van der Waals surface area contributed by atoms with Gasteiger partial charge in [-0.25, -0.2) is 13.4 Å². The fourth-order valence-electron chi connectivity index (χ4n) is 2.04. The number of anilines is 2. The van der Waals surface area contributed by atoms with Crippen LogP contribution in [0.1, 0.15) is 25.5 Å². The van der Waals surface area contributed by atoms with Crippen LogP contribution in [0, 0.1) is 0 Å². The van der Waals surface area contributed by atoms with Crippen molar-refractivity contribution < 1.29 is 8.42 Å². The van der Waals surface area contributed by atoms with E-state index in [0.717, 1.165) is 11.5 Å². The van der Waals surface area contributed by atoms with Gasteiger partial charge in [0.25, 0.3) is 0 Å². The van der Waals surface area contributed by atoms with Gasteiger partial charge in [0, 0.05) is 33.3 Å². The molecule has 0 aliphatic carbocycles. The van der Waals surface area contributed by atoms with Gasteiger partial charge in [-0.3, -0.25) is 0 Å². The molecule has 0 atom stereocenters. The van der Waals surface area contributed by atoms with Crippen molar-refractivity contribution in [1.29, 1.82) is 0 Å². The first-order chi connectivity index (χ1) is 9.28. The van der Waals surface area contributed by atoms with Crippen LogP contribution in [0.5, 0.6) is 0 Å².